The molecule has 5 atom stereocenters. The minimum Gasteiger partial charge on any atom is -0.493 e. The second-order valence-corrected chi connectivity index (χ2v) is 6.15. The first-order valence-corrected chi connectivity index (χ1v) is 7.25. The van der Waals surface area contributed by atoms with Crippen LogP contribution in [0.1, 0.15) is 29.9 Å². The highest BCUT2D eigenvalue weighted by molar-refractivity contribution is 5.62. The van der Waals surface area contributed by atoms with Gasteiger partial charge in [-0.1, -0.05) is 18.2 Å². The zero-order valence-corrected chi connectivity index (χ0v) is 11.9. The van der Waals surface area contributed by atoms with E-state index in [1.165, 1.54) is 17.1 Å². The van der Waals surface area contributed by atoms with Gasteiger partial charge in [0.05, 0.1) is 13.9 Å². The zero-order valence-electron chi connectivity index (χ0n) is 21.9. The van der Waals surface area contributed by atoms with E-state index in [2.05, 4.69) is 0 Å². The van der Waals surface area contributed by atoms with E-state index in [9.17, 15) is 2.74 Å². The molecule has 5 rings (SSSR count). The van der Waals surface area contributed by atoms with E-state index < -0.39 is 60.8 Å². The molecule has 1 aromatic rings. The van der Waals surface area contributed by atoms with Crippen LogP contribution in [0.25, 0.3) is 0 Å². The van der Waals surface area contributed by atoms with E-state index in [-0.39, 0.29) is 29.8 Å². The van der Waals surface area contributed by atoms with Crippen molar-refractivity contribution in [3.63, 3.8) is 0 Å². The van der Waals surface area contributed by atoms with Crippen molar-refractivity contribution in [3.8, 4) is 11.5 Å². The first-order chi connectivity index (χ1) is 14.7. The molecule has 1 N–H and O–H groups in total. The van der Waals surface area contributed by atoms with Crippen LogP contribution >= 0.6 is 0 Å². The van der Waals surface area contributed by atoms with Crippen molar-refractivity contribution in [1.82, 2.24) is 4.90 Å². The lowest BCUT2D eigenvalue weighted by molar-refractivity contribution is -0.0453. The molecule has 1 fully saturated rings. The number of aliphatic hydroxyl groups is 1. The zero-order chi connectivity index (χ0) is 23.6. The van der Waals surface area contributed by atoms with Gasteiger partial charge in [-0.15, -0.1) is 0 Å². The summed E-state index contributed by atoms with van der Waals surface area (Å²) in [4.78, 5) is 1.44. The Morgan fingerprint density at radius 2 is 2.59 bits per heavy atom. The molecule has 116 valence electrons. The number of nitrogens with zero attached hydrogens (tertiary/aromatic N) is 1. The third-order valence-corrected chi connectivity index (χ3v) is 5.22. The first-order valence-electron chi connectivity index (χ1n) is 12.2. The van der Waals surface area contributed by atoms with Gasteiger partial charge in [-0.3, -0.25) is 0 Å². The summed E-state index contributed by atoms with van der Waals surface area (Å²) in [6.45, 7) is 0.215. The molecule has 2 heterocycles. The van der Waals surface area contributed by atoms with Crippen LogP contribution in [0, 0.1) is 5.89 Å². The van der Waals surface area contributed by atoms with Crippen molar-refractivity contribution in [2.45, 2.75) is 36.4 Å². The van der Waals surface area contributed by atoms with Crippen LogP contribution in [0.5, 0.6) is 11.5 Å². The molecule has 2 aliphatic heterocycles. The van der Waals surface area contributed by atoms with Crippen LogP contribution in [0.2, 0.25) is 0 Å². The Kier molecular flexibility index (Phi) is 1.21. The second kappa shape index (κ2) is 4.06. The fraction of sp³-hybridized carbons (Fsp3) is 0.556. The van der Waals surface area contributed by atoms with Gasteiger partial charge in [0.1, 0.15) is 12.2 Å². The van der Waals surface area contributed by atoms with Gasteiger partial charge < -0.3 is 19.5 Å². The van der Waals surface area contributed by atoms with E-state index in [0.717, 1.165) is 0 Å². The molecular formula is C18H21NO3. The Hall–Kier alpha value is -1.52. The highest BCUT2D eigenvalue weighted by Gasteiger charge is 2.64. The van der Waals surface area contributed by atoms with E-state index in [0.29, 0.717) is 0 Å². The number of likely N-dealkylation sites (tertiary alicyclic amines) is 1. The average molecular weight is 309 g/mol. The summed E-state index contributed by atoms with van der Waals surface area (Å²) in [6, 6.07) is -3.48. The third-order valence-electron chi connectivity index (χ3n) is 5.22. The summed E-state index contributed by atoms with van der Waals surface area (Å²) in [5.41, 5.74) is -1.61. The molecule has 4 aliphatic rings. The van der Waals surface area contributed by atoms with Gasteiger partial charge in [0.2, 0.25) is 1.43 Å². The SMILES string of the molecule is [2H]OC1C=C[C@]2([2H])[C@@]34CCN(C)[C@]2([2H])C([2H])([2H])c2c([2H])c([2H])c(OC([2H])([2H])[2H])c(c23)OC14. The smallest absolute Gasteiger partial charge is 0.211 e. The van der Waals surface area contributed by atoms with E-state index >= 15 is 0 Å². The maximum atomic E-state index is 9.49. The maximum Gasteiger partial charge on any atom is 0.211 e. The molecule has 2 unspecified atom stereocenters. The van der Waals surface area contributed by atoms with Crippen LogP contribution in [-0.2, 0) is 11.8 Å². The highest BCUT2D eigenvalue weighted by Crippen LogP contribution is 2.62. The summed E-state index contributed by atoms with van der Waals surface area (Å²) in [7, 11) is -1.42. The molecule has 1 saturated heterocycles. The number of hydrogen-bond acceptors (Lipinski definition) is 4. The molecule has 0 saturated carbocycles. The van der Waals surface area contributed by atoms with Gasteiger partial charge in [-0.25, -0.2) is 0 Å². The summed E-state index contributed by atoms with van der Waals surface area (Å²) in [6.07, 6.45) is -1.68. The lowest BCUT2D eigenvalue weighted by Gasteiger charge is -2.56. The van der Waals surface area contributed by atoms with Crippen LogP contribution in [0.3, 0.4) is 0 Å². The predicted octanol–water partition coefficient (Wildman–Crippen LogP) is 1.50. The third kappa shape index (κ3) is 1.28. The number of likely N-dealkylation sites (N-methyl/N-ethyl adjacent to an activating group) is 1. The summed E-state index contributed by atoms with van der Waals surface area (Å²) in [5.74, 6) is -2.68. The molecule has 0 amide bonds. The van der Waals surface area contributed by atoms with E-state index in [4.69, 9.17) is 25.6 Å². The molecule has 0 radical (unpaired) electrons. The van der Waals surface area contributed by atoms with Gasteiger partial charge in [-0.2, -0.15) is 0 Å². The van der Waals surface area contributed by atoms with Crippen molar-refractivity contribution in [1.29, 1.82) is 1.43 Å². The summed E-state index contributed by atoms with van der Waals surface area (Å²) >= 11 is 0. The van der Waals surface area contributed by atoms with Crippen molar-refractivity contribution < 1.29 is 26.9 Å². The lowest BCUT2D eigenvalue weighted by atomic mass is 9.53. The van der Waals surface area contributed by atoms with Crippen molar-refractivity contribution in [3.05, 3.63) is 35.4 Å². The Balaban J connectivity index is 1.96. The minimum atomic E-state index is -2.97. The molecular weight excluding hydrogens is 278 g/mol. The largest absolute Gasteiger partial charge is 0.493 e. The number of benzene rings is 1. The average Bonchev–Trinajstić information content (AvgIpc) is 3.03. The van der Waals surface area contributed by atoms with Gasteiger partial charge in [0, 0.05) is 28.4 Å². The minimum absolute atomic E-state index is 0.0742. The Morgan fingerprint density at radius 1 is 1.64 bits per heavy atom. The Bertz CT molecular complexity index is 1060. The molecule has 0 aromatic heterocycles. The van der Waals surface area contributed by atoms with E-state index in [1.54, 1.807) is 7.05 Å². The standard InChI is InChI=1S/C18H21NO3/c1-19-8-7-18-11-4-5-13(20)17(18)22-16-14(21-2)6-3-10(15(16)18)9-12(11)19/h3-6,11-13,17,20H,7-9H2,1-2H3/t11-,12+,13?,17?,18-/m0/s1/i2D3,3D,6D,9D2,11D,12D,20D. The fourth-order valence-electron chi connectivity index (χ4n) is 4.25. The highest BCUT2D eigenvalue weighted by atomic mass is 16.5. The molecule has 4 nitrogen and oxygen atoms in total. The molecule has 1 aromatic carbocycles. The number of hydrogen-bond donors (Lipinski definition) is 1. The van der Waals surface area contributed by atoms with Gasteiger partial charge in [0.25, 0.3) is 0 Å². The topological polar surface area (TPSA) is 41.9 Å². The monoisotopic (exact) mass is 309 g/mol. The van der Waals surface area contributed by atoms with Crippen LogP contribution in [0.4, 0.5) is 0 Å². The molecule has 2 aliphatic carbocycles. The second-order valence-electron chi connectivity index (χ2n) is 6.15. The molecule has 4 heteroatoms. The summed E-state index contributed by atoms with van der Waals surface area (Å²) in [5, 5.41) is 4.83. The molecule has 22 heavy (non-hydrogen) atoms. The van der Waals surface area contributed by atoms with Crippen molar-refractivity contribution >= 4 is 0 Å². The number of methoxy groups -OCH3 is 1. The normalized spacial score (nSPS) is 57.1. The number of rotatable bonds is 2. The Morgan fingerprint density at radius 3 is 3.45 bits per heavy atom. The predicted molar refractivity (Wildman–Crippen MR) is 82.5 cm³/mol. The van der Waals surface area contributed by atoms with E-state index in [1.807, 2.05) is 0 Å². The first kappa shape index (κ1) is 6.54. The number of piperidine rings is 1. The van der Waals surface area contributed by atoms with Gasteiger partial charge in [-0.05, 0) is 38.0 Å². The lowest BCUT2D eigenvalue weighted by Crippen LogP contribution is -2.64. The number of ether oxygens (including phenoxy) is 2. The van der Waals surface area contributed by atoms with Crippen LogP contribution in [-0.4, -0.2) is 50.3 Å². The molecule has 1 spiro atoms. The van der Waals surface area contributed by atoms with Crippen molar-refractivity contribution in [2.24, 2.45) is 5.89 Å². The number of aliphatic hydroxyl groups excluding tert-OH is 1. The van der Waals surface area contributed by atoms with Crippen molar-refractivity contribution in [2.75, 3.05) is 20.6 Å². The fourth-order valence-corrected chi connectivity index (χ4v) is 4.25. The Labute approximate surface area is 144 Å². The van der Waals surface area contributed by atoms with Gasteiger partial charge >= 0.3 is 0 Å². The quantitative estimate of drug-likeness (QED) is 0.841. The van der Waals surface area contributed by atoms with Gasteiger partial charge in [0.15, 0.2) is 11.5 Å². The molecule has 2 bridgehead atoms. The maximum absolute atomic E-state index is 9.49. The van der Waals surface area contributed by atoms with Crippen LogP contribution < -0.4 is 9.47 Å². The summed E-state index contributed by atoms with van der Waals surface area (Å²) < 4.78 is 94.8. The van der Waals surface area contributed by atoms with Crippen LogP contribution in [0.15, 0.2) is 24.2 Å².